The van der Waals surface area contributed by atoms with Gasteiger partial charge in [-0.1, -0.05) is 32.1 Å². The van der Waals surface area contributed by atoms with Crippen molar-refractivity contribution >= 4 is 17.2 Å². The molecule has 4 rings (SSSR count). The lowest BCUT2D eigenvalue weighted by Crippen LogP contribution is -2.26. The van der Waals surface area contributed by atoms with Crippen LogP contribution in [0.3, 0.4) is 0 Å². The number of nitrogens with zero attached hydrogens (tertiary/aromatic N) is 4. The number of amides is 1. The molecule has 192 valence electrons. The monoisotopic (exact) mass is 512 g/mol. The molecular formula is C24H31F3N4O3S. The van der Waals surface area contributed by atoms with Crippen LogP contribution in [0.4, 0.5) is 13.2 Å². The lowest BCUT2D eigenvalue weighted by Gasteiger charge is -2.17. The van der Waals surface area contributed by atoms with Crippen LogP contribution in [-0.4, -0.2) is 59.5 Å². The minimum Gasteiger partial charge on any atom is -0.488 e. The lowest BCUT2D eigenvalue weighted by atomic mass is 9.98. The molecule has 2 aliphatic heterocycles. The fourth-order valence-electron chi connectivity index (χ4n) is 4.09. The standard InChI is InChI=1S/C24H31F3N4O3S/c1-23(2,3)21-29-31(14-16-6-5-11-33-16)22(35-21)28-20(32)18-12-15(24(25,26)27)7-8-19(18)34-17-9-10-30(4)13-17/h7-8,12,16-17H,5-6,9-11,13-14H2,1-4H3/b28-22-/t16-,17+/m1/s1. The third kappa shape index (κ3) is 6.31. The second-order valence-corrected chi connectivity index (χ2v) is 11.1. The zero-order valence-corrected chi connectivity index (χ0v) is 21.2. The van der Waals surface area contributed by atoms with Gasteiger partial charge >= 0.3 is 6.18 Å². The van der Waals surface area contributed by atoms with Crippen molar-refractivity contribution in [3.05, 3.63) is 39.1 Å². The van der Waals surface area contributed by atoms with E-state index in [9.17, 15) is 18.0 Å². The van der Waals surface area contributed by atoms with Crippen molar-refractivity contribution in [1.29, 1.82) is 0 Å². The highest BCUT2D eigenvalue weighted by Crippen LogP contribution is 2.34. The van der Waals surface area contributed by atoms with Crippen LogP contribution >= 0.6 is 11.3 Å². The van der Waals surface area contributed by atoms with Gasteiger partial charge in [-0.25, -0.2) is 4.68 Å². The summed E-state index contributed by atoms with van der Waals surface area (Å²) >= 11 is 1.26. The predicted molar refractivity (Wildman–Crippen MR) is 126 cm³/mol. The third-order valence-corrected chi connectivity index (χ3v) is 7.41. The highest BCUT2D eigenvalue weighted by Gasteiger charge is 2.33. The second kappa shape index (κ2) is 10.0. The van der Waals surface area contributed by atoms with Crippen LogP contribution in [-0.2, 0) is 22.9 Å². The molecule has 0 radical (unpaired) electrons. The van der Waals surface area contributed by atoms with Gasteiger partial charge in [0, 0.05) is 25.1 Å². The van der Waals surface area contributed by atoms with Gasteiger partial charge in [0.2, 0.25) is 4.80 Å². The molecule has 35 heavy (non-hydrogen) atoms. The fourth-order valence-corrected chi connectivity index (χ4v) is 5.06. The van der Waals surface area contributed by atoms with E-state index in [1.165, 1.54) is 17.4 Å². The minimum atomic E-state index is -4.59. The molecule has 1 amide bonds. The Morgan fingerprint density at radius 3 is 2.66 bits per heavy atom. The zero-order valence-electron chi connectivity index (χ0n) is 20.4. The number of hydrogen-bond acceptors (Lipinski definition) is 6. The summed E-state index contributed by atoms with van der Waals surface area (Å²) < 4.78 is 53.7. The van der Waals surface area contributed by atoms with E-state index in [1.807, 2.05) is 27.8 Å². The number of carbonyl (C=O) groups excluding carboxylic acids is 1. The Morgan fingerprint density at radius 1 is 1.29 bits per heavy atom. The molecule has 2 aliphatic rings. The average Bonchev–Trinajstić information content (AvgIpc) is 3.50. The Morgan fingerprint density at radius 2 is 2.06 bits per heavy atom. The van der Waals surface area contributed by atoms with Gasteiger partial charge in [-0.15, -0.1) is 0 Å². The molecule has 0 spiro atoms. The van der Waals surface area contributed by atoms with Crippen LogP contribution in [0.25, 0.3) is 0 Å². The van der Waals surface area contributed by atoms with Gasteiger partial charge in [0.1, 0.15) is 16.9 Å². The van der Waals surface area contributed by atoms with Crippen molar-refractivity contribution in [3.63, 3.8) is 0 Å². The molecule has 11 heteroatoms. The zero-order chi connectivity index (χ0) is 25.4. The lowest BCUT2D eigenvalue weighted by molar-refractivity contribution is -0.137. The van der Waals surface area contributed by atoms with Crippen molar-refractivity contribution < 1.29 is 27.4 Å². The van der Waals surface area contributed by atoms with Crippen LogP contribution in [0, 0.1) is 0 Å². The number of benzene rings is 1. The second-order valence-electron chi connectivity index (χ2n) is 10.2. The fraction of sp³-hybridized carbons (Fsp3) is 0.625. The summed E-state index contributed by atoms with van der Waals surface area (Å²) in [4.78, 5) is 20.0. The van der Waals surface area contributed by atoms with Crippen molar-refractivity contribution in [2.45, 2.75) is 70.4 Å². The van der Waals surface area contributed by atoms with Crippen LogP contribution in [0.5, 0.6) is 5.75 Å². The summed E-state index contributed by atoms with van der Waals surface area (Å²) in [5, 5.41) is 5.43. The van der Waals surface area contributed by atoms with Gasteiger partial charge in [0.15, 0.2) is 0 Å². The summed E-state index contributed by atoms with van der Waals surface area (Å²) in [5.74, 6) is -0.680. The molecule has 2 saturated heterocycles. The van der Waals surface area contributed by atoms with Crippen LogP contribution in [0.15, 0.2) is 23.2 Å². The first-order valence-electron chi connectivity index (χ1n) is 11.8. The highest BCUT2D eigenvalue weighted by molar-refractivity contribution is 7.09. The van der Waals surface area contributed by atoms with E-state index in [0.717, 1.165) is 42.9 Å². The Balaban J connectivity index is 1.73. The first-order chi connectivity index (χ1) is 16.4. The summed E-state index contributed by atoms with van der Waals surface area (Å²) in [6, 6.07) is 2.99. The summed E-state index contributed by atoms with van der Waals surface area (Å²) in [5.41, 5.74) is -1.40. The van der Waals surface area contributed by atoms with Crippen molar-refractivity contribution in [2.24, 2.45) is 4.99 Å². The Kier molecular flexibility index (Phi) is 7.40. The van der Waals surface area contributed by atoms with Gasteiger partial charge in [-0.3, -0.25) is 4.79 Å². The number of halogens is 3. The van der Waals surface area contributed by atoms with Gasteiger partial charge < -0.3 is 14.4 Å². The number of likely N-dealkylation sites (N-methyl/N-ethyl adjacent to an activating group) is 1. The molecule has 2 aromatic rings. The van der Waals surface area contributed by atoms with E-state index in [-0.39, 0.29) is 28.9 Å². The van der Waals surface area contributed by atoms with Gasteiger partial charge in [-0.05, 0) is 44.5 Å². The first-order valence-corrected chi connectivity index (χ1v) is 12.6. The predicted octanol–water partition coefficient (Wildman–Crippen LogP) is 4.26. The molecule has 0 unspecified atom stereocenters. The van der Waals surface area contributed by atoms with Crippen molar-refractivity contribution in [3.8, 4) is 5.75 Å². The van der Waals surface area contributed by atoms with E-state index in [0.29, 0.717) is 24.5 Å². The number of likely N-dealkylation sites (tertiary alicyclic amines) is 1. The van der Waals surface area contributed by atoms with Crippen LogP contribution in [0.1, 0.15) is 61.0 Å². The molecule has 1 aromatic carbocycles. The Hall–Kier alpha value is -2.24. The average molecular weight is 513 g/mol. The number of hydrogen-bond donors (Lipinski definition) is 0. The number of ether oxygens (including phenoxy) is 2. The summed E-state index contributed by atoms with van der Waals surface area (Å²) in [6.45, 7) is 8.57. The van der Waals surface area contributed by atoms with Crippen LogP contribution < -0.4 is 9.54 Å². The summed E-state index contributed by atoms with van der Waals surface area (Å²) in [6.07, 6.45) is -2.27. The summed E-state index contributed by atoms with van der Waals surface area (Å²) in [7, 11) is 1.95. The quantitative estimate of drug-likeness (QED) is 0.599. The van der Waals surface area contributed by atoms with E-state index < -0.39 is 17.6 Å². The van der Waals surface area contributed by atoms with E-state index >= 15 is 0 Å². The minimum absolute atomic E-state index is 0.0363. The van der Waals surface area contributed by atoms with E-state index in [2.05, 4.69) is 15.0 Å². The molecule has 3 heterocycles. The molecule has 2 fully saturated rings. The Bertz CT molecular complexity index is 1130. The molecule has 0 saturated carbocycles. The van der Waals surface area contributed by atoms with Gasteiger partial charge in [0.05, 0.1) is 23.8 Å². The van der Waals surface area contributed by atoms with Crippen LogP contribution in [0.2, 0.25) is 0 Å². The molecule has 0 bridgehead atoms. The van der Waals surface area contributed by atoms with Crippen molar-refractivity contribution in [1.82, 2.24) is 14.7 Å². The number of carbonyl (C=O) groups is 1. The highest BCUT2D eigenvalue weighted by atomic mass is 32.1. The van der Waals surface area contributed by atoms with Crippen molar-refractivity contribution in [2.75, 3.05) is 26.7 Å². The maximum atomic E-state index is 13.5. The maximum absolute atomic E-state index is 13.5. The number of aromatic nitrogens is 2. The van der Waals surface area contributed by atoms with Gasteiger partial charge in [-0.2, -0.15) is 23.3 Å². The first kappa shape index (κ1) is 25.8. The smallest absolute Gasteiger partial charge is 0.416 e. The number of rotatable bonds is 5. The molecule has 1 aromatic heterocycles. The molecule has 0 aliphatic carbocycles. The normalized spacial score (nSPS) is 22.2. The SMILES string of the molecule is CN1CC[C@H](Oc2ccc(C(F)(F)F)cc2C(=O)/N=c2\sc(C(C)(C)C)nn2C[C@H]2CCCO2)C1. The van der Waals surface area contributed by atoms with E-state index in [4.69, 9.17) is 9.47 Å². The number of alkyl halides is 3. The molecule has 7 nitrogen and oxygen atoms in total. The van der Waals surface area contributed by atoms with E-state index in [1.54, 1.807) is 4.68 Å². The molecule has 2 atom stereocenters. The third-order valence-electron chi connectivity index (χ3n) is 6.04. The maximum Gasteiger partial charge on any atom is 0.416 e. The molecule has 0 N–H and O–H groups in total. The topological polar surface area (TPSA) is 69.0 Å². The molecular weight excluding hydrogens is 481 g/mol. The Labute approximate surface area is 206 Å². The largest absolute Gasteiger partial charge is 0.488 e. The van der Waals surface area contributed by atoms with Gasteiger partial charge in [0.25, 0.3) is 5.91 Å².